The summed E-state index contributed by atoms with van der Waals surface area (Å²) in [7, 11) is 0. The fourth-order valence-electron chi connectivity index (χ4n) is 1.78. The van der Waals surface area contributed by atoms with Crippen LogP contribution in [0, 0.1) is 12.7 Å². The van der Waals surface area contributed by atoms with E-state index in [9.17, 15) is 4.39 Å². The summed E-state index contributed by atoms with van der Waals surface area (Å²) in [5, 5.41) is 7.24. The monoisotopic (exact) mass is 249 g/mol. The van der Waals surface area contributed by atoms with Gasteiger partial charge in [0.15, 0.2) is 0 Å². The fourth-order valence-corrected chi connectivity index (χ4v) is 1.78. The van der Waals surface area contributed by atoms with Gasteiger partial charge in [0, 0.05) is 18.7 Å². The van der Waals surface area contributed by atoms with Crippen LogP contribution in [-0.4, -0.2) is 10.1 Å². The highest BCUT2D eigenvalue weighted by Gasteiger charge is 2.11. The molecule has 2 aromatic rings. The molecule has 0 fully saturated rings. The fraction of sp³-hybridized carbons (Fsp3) is 0.385. The SMILES string of the molecule is CCC(NCc1cc(C)on1)c1ccc(F)cn1. The lowest BCUT2D eigenvalue weighted by molar-refractivity contribution is 0.384. The number of hydrogen-bond donors (Lipinski definition) is 1. The standard InChI is InChI=1S/C13H16FN3O/c1-3-12(13-5-4-10(14)7-15-13)16-8-11-6-9(2)18-17-11/h4-7,12,16H,3,8H2,1-2H3. The maximum Gasteiger partial charge on any atom is 0.141 e. The van der Waals surface area contributed by atoms with Gasteiger partial charge in [0.25, 0.3) is 0 Å². The summed E-state index contributed by atoms with van der Waals surface area (Å²) in [6, 6.07) is 5.09. The first-order valence-electron chi connectivity index (χ1n) is 5.96. The van der Waals surface area contributed by atoms with Crippen molar-refractivity contribution >= 4 is 0 Å². The average molecular weight is 249 g/mol. The van der Waals surface area contributed by atoms with Gasteiger partial charge in [-0.25, -0.2) is 4.39 Å². The second-order valence-electron chi connectivity index (χ2n) is 4.17. The Labute approximate surface area is 105 Å². The van der Waals surface area contributed by atoms with Gasteiger partial charge in [0.1, 0.15) is 11.6 Å². The highest BCUT2D eigenvalue weighted by atomic mass is 19.1. The highest BCUT2D eigenvalue weighted by molar-refractivity contribution is 5.10. The molecule has 1 N–H and O–H groups in total. The van der Waals surface area contributed by atoms with Gasteiger partial charge in [-0.15, -0.1) is 0 Å². The average Bonchev–Trinajstić information content (AvgIpc) is 2.78. The van der Waals surface area contributed by atoms with Gasteiger partial charge in [-0.1, -0.05) is 12.1 Å². The van der Waals surface area contributed by atoms with E-state index in [1.807, 2.05) is 13.0 Å². The molecule has 2 heterocycles. The van der Waals surface area contributed by atoms with Crippen molar-refractivity contribution in [2.45, 2.75) is 32.9 Å². The van der Waals surface area contributed by atoms with Gasteiger partial charge in [-0.05, 0) is 25.5 Å². The smallest absolute Gasteiger partial charge is 0.141 e. The van der Waals surface area contributed by atoms with Crippen molar-refractivity contribution in [3.05, 3.63) is 47.4 Å². The molecule has 0 amide bonds. The summed E-state index contributed by atoms with van der Waals surface area (Å²) < 4.78 is 17.8. The molecule has 96 valence electrons. The Morgan fingerprint density at radius 1 is 1.44 bits per heavy atom. The lowest BCUT2D eigenvalue weighted by Gasteiger charge is -2.15. The van der Waals surface area contributed by atoms with Crippen molar-refractivity contribution in [3.8, 4) is 0 Å². The molecule has 0 aliphatic carbocycles. The van der Waals surface area contributed by atoms with Crippen molar-refractivity contribution in [1.82, 2.24) is 15.5 Å². The van der Waals surface area contributed by atoms with Gasteiger partial charge in [-0.3, -0.25) is 4.98 Å². The van der Waals surface area contributed by atoms with Crippen molar-refractivity contribution < 1.29 is 8.91 Å². The predicted molar refractivity (Wildman–Crippen MR) is 65.3 cm³/mol. The molecule has 18 heavy (non-hydrogen) atoms. The molecule has 2 rings (SSSR count). The van der Waals surface area contributed by atoms with Crippen LogP contribution in [0.25, 0.3) is 0 Å². The molecule has 0 saturated heterocycles. The molecule has 2 aromatic heterocycles. The molecule has 0 radical (unpaired) electrons. The quantitative estimate of drug-likeness (QED) is 0.885. The molecule has 0 aliphatic rings. The number of nitrogens with zero attached hydrogens (tertiary/aromatic N) is 2. The molecule has 5 heteroatoms. The minimum absolute atomic E-state index is 0.0857. The van der Waals surface area contributed by atoms with Crippen LogP contribution in [0.5, 0.6) is 0 Å². The van der Waals surface area contributed by atoms with Gasteiger partial charge >= 0.3 is 0 Å². The number of aromatic nitrogens is 2. The third kappa shape index (κ3) is 3.13. The van der Waals surface area contributed by atoms with E-state index in [1.54, 1.807) is 6.07 Å². The van der Waals surface area contributed by atoms with Gasteiger partial charge < -0.3 is 9.84 Å². The summed E-state index contributed by atoms with van der Waals surface area (Å²) in [6.45, 7) is 4.51. The Morgan fingerprint density at radius 3 is 2.83 bits per heavy atom. The first-order chi connectivity index (χ1) is 8.69. The Hall–Kier alpha value is -1.75. The molecule has 0 aromatic carbocycles. The molecular weight excluding hydrogens is 233 g/mol. The molecule has 1 unspecified atom stereocenters. The molecule has 4 nitrogen and oxygen atoms in total. The number of rotatable bonds is 5. The molecular formula is C13H16FN3O. The van der Waals surface area contributed by atoms with E-state index in [1.165, 1.54) is 12.3 Å². The Kier molecular flexibility index (Phi) is 4.04. The van der Waals surface area contributed by atoms with Gasteiger partial charge in [0.05, 0.1) is 17.6 Å². The van der Waals surface area contributed by atoms with Crippen LogP contribution in [-0.2, 0) is 6.54 Å². The minimum Gasteiger partial charge on any atom is -0.361 e. The van der Waals surface area contributed by atoms with Crippen LogP contribution in [0.15, 0.2) is 28.9 Å². The second kappa shape index (κ2) is 5.73. The summed E-state index contributed by atoms with van der Waals surface area (Å²) in [5.41, 5.74) is 1.69. The van der Waals surface area contributed by atoms with E-state index in [2.05, 4.69) is 22.4 Å². The number of pyridine rings is 1. The topological polar surface area (TPSA) is 51.0 Å². The number of nitrogens with one attached hydrogen (secondary N) is 1. The van der Waals surface area contributed by atoms with Crippen molar-refractivity contribution in [2.75, 3.05) is 0 Å². The maximum absolute atomic E-state index is 12.8. The lowest BCUT2D eigenvalue weighted by Crippen LogP contribution is -2.21. The summed E-state index contributed by atoms with van der Waals surface area (Å²) in [6.07, 6.45) is 2.11. The highest BCUT2D eigenvalue weighted by Crippen LogP contribution is 2.15. The number of aryl methyl sites for hydroxylation is 1. The van der Waals surface area contributed by atoms with Gasteiger partial charge in [0.2, 0.25) is 0 Å². The molecule has 0 bridgehead atoms. The Bertz CT molecular complexity index is 495. The normalized spacial score (nSPS) is 12.6. The summed E-state index contributed by atoms with van der Waals surface area (Å²) >= 11 is 0. The van der Waals surface area contributed by atoms with Crippen molar-refractivity contribution in [3.63, 3.8) is 0 Å². The van der Waals surface area contributed by atoms with Crippen LogP contribution >= 0.6 is 0 Å². The Balaban J connectivity index is 1.99. The minimum atomic E-state index is -0.319. The molecule has 0 aliphatic heterocycles. The predicted octanol–water partition coefficient (Wildman–Crippen LogP) is 2.76. The summed E-state index contributed by atoms with van der Waals surface area (Å²) in [4.78, 5) is 4.09. The zero-order chi connectivity index (χ0) is 13.0. The maximum atomic E-state index is 12.8. The molecule has 0 spiro atoms. The summed E-state index contributed by atoms with van der Waals surface area (Å²) in [5.74, 6) is 0.473. The van der Waals surface area contributed by atoms with E-state index < -0.39 is 0 Å². The third-order valence-corrected chi connectivity index (χ3v) is 2.72. The van der Waals surface area contributed by atoms with Crippen LogP contribution in [0.3, 0.4) is 0 Å². The van der Waals surface area contributed by atoms with Crippen LogP contribution in [0.1, 0.15) is 36.5 Å². The van der Waals surface area contributed by atoms with Crippen LogP contribution < -0.4 is 5.32 Å². The van der Waals surface area contributed by atoms with Crippen molar-refractivity contribution in [1.29, 1.82) is 0 Å². The van der Waals surface area contributed by atoms with E-state index in [4.69, 9.17) is 4.52 Å². The number of hydrogen-bond acceptors (Lipinski definition) is 4. The Morgan fingerprint density at radius 2 is 2.28 bits per heavy atom. The molecule has 1 atom stereocenters. The van der Waals surface area contributed by atoms with Crippen LogP contribution in [0.4, 0.5) is 4.39 Å². The largest absolute Gasteiger partial charge is 0.361 e. The first kappa shape index (κ1) is 12.7. The molecule has 0 saturated carbocycles. The zero-order valence-corrected chi connectivity index (χ0v) is 10.5. The van der Waals surface area contributed by atoms with E-state index in [0.29, 0.717) is 6.54 Å². The van der Waals surface area contributed by atoms with E-state index in [-0.39, 0.29) is 11.9 Å². The number of halogens is 1. The van der Waals surface area contributed by atoms with Gasteiger partial charge in [-0.2, -0.15) is 0 Å². The van der Waals surface area contributed by atoms with Crippen molar-refractivity contribution in [2.24, 2.45) is 0 Å². The second-order valence-corrected chi connectivity index (χ2v) is 4.17. The van der Waals surface area contributed by atoms with E-state index >= 15 is 0 Å². The van der Waals surface area contributed by atoms with Crippen LogP contribution in [0.2, 0.25) is 0 Å². The zero-order valence-electron chi connectivity index (χ0n) is 10.5. The third-order valence-electron chi connectivity index (χ3n) is 2.72. The lowest BCUT2D eigenvalue weighted by atomic mass is 10.1. The first-order valence-corrected chi connectivity index (χ1v) is 5.96. The van der Waals surface area contributed by atoms with E-state index in [0.717, 1.165) is 23.6 Å².